The van der Waals surface area contributed by atoms with Crippen molar-refractivity contribution in [3.05, 3.63) is 53.2 Å². The minimum absolute atomic E-state index is 0.312. The van der Waals surface area contributed by atoms with E-state index in [0.29, 0.717) is 28.3 Å². The normalized spacial score (nSPS) is 14.5. The lowest BCUT2D eigenvalue weighted by molar-refractivity contribution is -0.119. The third kappa shape index (κ3) is 2.50. The Bertz CT molecular complexity index is 828. The van der Waals surface area contributed by atoms with Crippen LogP contribution in [0.5, 0.6) is 0 Å². The molecule has 2 heterocycles. The lowest BCUT2D eigenvalue weighted by Crippen LogP contribution is -2.45. The maximum Gasteiger partial charge on any atom is 0.262 e. The van der Waals surface area contributed by atoms with E-state index in [1.165, 1.54) is 6.92 Å². The number of carbonyl (C=O) groups excluding carboxylic acids is 3. The minimum Gasteiger partial charge on any atom is -0.384 e. The number of aromatic nitrogens is 1. The van der Waals surface area contributed by atoms with Gasteiger partial charge in [-0.05, 0) is 38.1 Å². The van der Waals surface area contributed by atoms with Crippen molar-refractivity contribution in [3.63, 3.8) is 0 Å². The highest BCUT2D eigenvalue weighted by molar-refractivity contribution is 6.23. The Balaban J connectivity index is 1.82. The molecule has 1 aromatic carbocycles. The van der Waals surface area contributed by atoms with E-state index in [1.807, 2.05) is 0 Å². The zero-order valence-corrected chi connectivity index (χ0v) is 13.2. The molecule has 1 aromatic heterocycles. The Morgan fingerprint density at radius 3 is 2.25 bits per heavy atom. The van der Waals surface area contributed by atoms with Crippen molar-refractivity contribution in [1.82, 2.24) is 9.88 Å². The molecule has 24 heavy (non-hydrogen) atoms. The number of nitrogen functional groups attached to an aromatic ring is 1. The van der Waals surface area contributed by atoms with Gasteiger partial charge in [-0.1, -0.05) is 12.1 Å². The van der Waals surface area contributed by atoms with Crippen LogP contribution in [0.15, 0.2) is 36.4 Å². The highest BCUT2D eigenvalue weighted by atomic mass is 16.2. The number of nitrogens with two attached hydrogens (primary N) is 1. The Morgan fingerprint density at radius 1 is 1.12 bits per heavy atom. The summed E-state index contributed by atoms with van der Waals surface area (Å²) in [6, 6.07) is 8.76. The van der Waals surface area contributed by atoms with Gasteiger partial charge in [0.15, 0.2) is 0 Å². The molecule has 0 bridgehead atoms. The summed E-state index contributed by atoms with van der Waals surface area (Å²) in [6.07, 6.45) is 0. The molecular weight excluding hydrogens is 308 g/mol. The molecule has 0 radical (unpaired) electrons. The molecule has 0 spiro atoms. The average molecular weight is 324 g/mol. The number of pyridine rings is 1. The molecule has 7 heteroatoms. The van der Waals surface area contributed by atoms with E-state index in [0.717, 1.165) is 4.90 Å². The van der Waals surface area contributed by atoms with Crippen molar-refractivity contribution < 1.29 is 14.4 Å². The molecule has 0 aliphatic carbocycles. The first-order chi connectivity index (χ1) is 11.4. The quantitative estimate of drug-likeness (QED) is 0.834. The van der Waals surface area contributed by atoms with Crippen LogP contribution in [0.4, 0.5) is 11.5 Å². The molecule has 0 saturated heterocycles. The molecule has 1 atom stereocenters. The first kappa shape index (κ1) is 15.7. The minimum atomic E-state index is -0.950. The number of hydrogen-bond donors (Lipinski definition) is 2. The molecule has 122 valence electrons. The molecule has 1 aliphatic rings. The van der Waals surface area contributed by atoms with Gasteiger partial charge in [0.1, 0.15) is 11.9 Å². The molecule has 0 fully saturated rings. The van der Waals surface area contributed by atoms with Crippen molar-refractivity contribution in [1.29, 1.82) is 0 Å². The summed E-state index contributed by atoms with van der Waals surface area (Å²) in [6.45, 7) is 3.22. The monoisotopic (exact) mass is 324 g/mol. The summed E-state index contributed by atoms with van der Waals surface area (Å²) in [5.74, 6) is -1.06. The lowest BCUT2D eigenvalue weighted by Gasteiger charge is -2.22. The fourth-order valence-electron chi connectivity index (χ4n) is 2.63. The summed E-state index contributed by atoms with van der Waals surface area (Å²) < 4.78 is 0. The zero-order valence-electron chi connectivity index (χ0n) is 13.2. The fraction of sp³-hybridized carbons (Fsp3) is 0.176. The second-order valence-electron chi connectivity index (χ2n) is 5.56. The maximum atomic E-state index is 12.5. The van der Waals surface area contributed by atoms with E-state index in [4.69, 9.17) is 5.73 Å². The number of hydrogen-bond acceptors (Lipinski definition) is 5. The summed E-state index contributed by atoms with van der Waals surface area (Å²) in [7, 11) is 0. The van der Waals surface area contributed by atoms with Gasteiger partial charge in [0, 0.05) is 0 Å². The van der Waals surface area contributed by atoms with Gasteiger partial charge in [-0.25, -0.2) is 4.98 Å². The van der Waals surface area contributed by atoms with Crippen LogP contribution < -0.4 is 11.1 Å². The first-order valence-electron chi connectivity index (χ1n) is 7.41. The largest absolute Gasteiger partial charge is 0.384 e. The first-order valence-corrected chi connectivity index (χ1v) is 7.41. The van der Waals surface area contributed by atoms with Gasteiger partial charge >= 0.3 is 0 Å². The fourth-order valence-corrected chi connectivity index (χ4v) is 2.63. The van der Waals surface area contributed by atoms with Gasteiger partial charge in [-0.15, -0.1) is 0 Å². The van der Waals surface area contributed by atoms with E-state index < -0.39 is 23.8 Å². The van der Waals surface area contributed by atoms with E-state index in [2.05, 4.69) is 10.3 Å². The van der Waals surface area contributed by atoms with Crippen LogP contribution in [-0.4, -0.2) is 33.6 Å². The van der Waals surface area contributed by atoms with Gasteiger partial charge < -0.3 is 11.1 Å². The Hall–Kier alpha value is -3.22. The standard InChI is InChI=1S/C17H16N4O3/c1-9-13(7-8-14(18)19-9)20-15(22)10(2)21-16(23)11-5-3-4-6-12(11)17(21)24/h3-8,10H,1-2H3,(H2,18,19)(H,20,22). The number of aryl methyl sites for hydroxylation is 1. The van der Waals surface area contributed by atoms with E-state index in [1.54, 1.807) is 43.3 Å². The predicted molar refractivity (Wildman–Crippen MR) is 88.4 cm³/mol. The molecule has 3 amide bonds. The van der Waals surface area contributed by atoms with Crippen LogP contribution in [0.25, 0.3) is 0 Å². The van der Waals surface area contributed by atoms with Crippen molar-refractivity contribution in [3.8, 4) is 0 Å². The van der Waals surface area contributed by atoms with E-state index >= 15 is 0 Å². The molecule has 1 aliphatic heterocycles. The Labute approximate surface area is 138 Å². The van der Waals surface area contributed by atoms with Gasteiger partial charge in [-0.3, -0.25) is 19.3 Å². The summed E-state index contributed by atoms with van der Waals surface area (Å²) in [5, 5.41) is 2.68. The third-order valence-electron chi connectivity index (χ3n) is 3.96. The highest BCUT2D eigenvalue weighted by Crippen LogP contribution is 2.25. The summed E-state index contributed by atoms with van der Waals surface area (Å²) in [5.41, 5.74) is 7.24. The average Bonchev–Trinajstić information content (AvgIpc) is 2.81. The molecular formula is C17H16N4O3. The summed E-state index contributed by atoms with van der Waals surface area (Å²) in [4.78, 5) is 42.3. The van der Waals surface area contributed by atoms with E-state index in [9.17, 15) is 14.4 Å². The number of benzene rings is 1. The number of amides is 3. The van der Waals surface area contributed by atoms with Crippen LogP contribution in [0.1, 0.15) is 33.3 Å². The van der Waals surface area contributed by atoms with E-state index in [-0.39, 0.29) is 0 Å². The molecule has 7 nitrogen and oxygen atoms in total. The van der Waals surface area contributed by atoms with Gasteiger partial charge in [-0.2, -0.15) is 0 Å². The second kappa shape index (κ2) is 5.77. The number of rotatable bonds is 3. The van der Waals surface area contributed by atoms with Crippen LogP contribution in [-0.2, 0) is 4.79 Å². The smallest absolute Gasteiger partial charge is 0.262 e. The molecule has 1 unspecified atom stereocenters. The molecule has 2 aromatic rings. The van der Waals surface area contributed by atoms with Crippen LogP contribution in [0.3, 0.4) is 0 Å². The SMILES string of the molecule is Cc1nc(N)ccc1NC(=O)C(C)N1C(=O)c2ccccc2C1=O. The number of fused-ring (bicyclic) bond motifs is 1. The van der Waals surface area contributed by atoms with Crippen molar-refractivity contribution in [2.75, 3.05) is 11.1 Å². The number of imide groups is 1. The maximum absolute atomic E-state index is 12.5. The number of nitrogens with zero attached hydrogens (tertiary/aromatic N) is 2. The predicted octanol–water partition coefficient (Wildman–Crippen LogP) is 1.60. The molecule has 0 saturated carbocycles. The van der Waals surface area contributed by atoms with Crippen LogP contribution >= 0.6 is 0 Å². The molecule has 3 N–H and O–H groups in total. The van der Waals surface area contributed by atoms with Crippen molar-refractivity contribution >= 4 is 29.2 Å². The Kier molecular flexibility index (Phi) is 3.76. The van der Waals surface area contributed by atoms with Crippen molar-refractivity contribution in [2.24, 2.45) is 0 Å². The Morgan fingerprint density at radius 2 is 1.71 bits per heavy atom. The van der Waals surface area contributed by atoms with Gasteiger partial charge in [0.25, 0.3) is 11.8 Å². The molecule has 3 rings (SSSR count). The number of carbonyl (C=O) groups is 3. The van der Waals surface area contributed by atoms with Gasteiger partial charge in [0.2, 0.25) is 5.91 Å². The van der Waals surface area contributed by atoms with Crippen LogP contribution in [0.2, 0.25) is 0 Å². The topological polar surface area (TPSA) is 105 Å². The summed E-state index contributed by atoms with van der Waals surface area (Å²) >= 11 is 0. The third-order valence-corrected chi connectivity index (χ3v) is 3.96. The number of nitrogens with one attached hydrogen (secondary N) is 1. The van der Waals surface area contributed by atoms with Gasteiger partial charge in [0.05, 0.1) is 22.5 Å². The van der Waals surface area contributed by atoms with Crippen LogP contribution in [0, 0.1) is 6.92 Å². The highest BCUT2D eigenvalue weighted by Gasteiger charge is 2.40. The number of anilines is 2. The zero-order chi connectivity index (χ0) is 17.4. The van der Waals surface area contributed by atoms with Crippen molar-refractivity contribution in [2.45, 2.75) is 19.9 Å². The lowest BCUT2D eigenvalue weighted by atomic mass is 10.1. The second-order valence-corrected chi connectivity index (χ2v) is 5.56.